The van der Waals surface area contributed by atoms with Crippen molar-refractivity contribution in [3.8, 4) is 0 Å². The fourth-order valence-electron chi connectivity index (χ4n) is 3.48. The highest BCUT2D eigenvalue weighted by Gasteiger charge is 2.34. The number of carboxylic acid groups (broad SMARTS) is 1. The molecular formula is C16H22N4O3. The monoisotopic (exact) mass is 318 g/mol. The van der Waals surface area contributed by atoms with Crippen molar-refractivity contribution in [3.05, 3.63) is 18.5 Å². The Balaban J connectivity index is 1.55. The molecule has 23 heavy (non-hydrogen) atoms. The Labute approximate surface area is 135 Å². The van der Waals surface area contributed by atoms with E-state index in [1.807, 2.05) is 4.90 Å². The average Bonchev–Trinajstić information content (AvgIpc) is 2.62. The molecule has 0 unspecified atom stereocenters. The zero-order valence-corrected chi connectivity index (χ0v) is 13.1. The van der Waals surface area contributed by atoms with Gasteiger partial charge in [0.2, 0.25) is 11.9 Å². The Morgan fingerprint density at radius 3 is 2.35 bits per heavy atom. The predicted octanol–water partition coefficient (Wildman–Crippen LogP) is 1.02. The third-order valence-electron chi connectivity index (χ3n) is 4.80. The van der Waals surface area contributed by atoms with Crippen LogP contribution in [0.2, 0.25) is 0 Å². The van der Waals surface area contributed by atoms with Crippen LogP contribution in [-0.2, 0) is 9.59 Å². The molecule has 0 aromatic carbocycles. The van der Waals surface area contributed by atoms with Crippen LogP contribution in [0.3, 0.4) is 0 Å². The van der Waals surface area contributed by atoms with Gasteiger partial charge < -0.3 is 14.9 Å². The maximum absolute atomic E-state index is 12.6. The van der Waals surface area contributed by atoms with Crippen molar-refractivity contribution in [3.63, 3.8) is 0 Å². The van der Waals surface area contributed by atoms with E-state index in [4.69, 9.17) is 5.11 Å². The molecule has 0 bridgehead atoms. The average molecular weight is 318 g/mol. The number of rotatable bonds is 3. The van der Waals surface area contributed by atoms with Crippen LogP contribution in [0.1, 0.15) is 25.7 Å². The number of carbonyl (C=O) groups is 2. The topological polar surface area (TPSA) is 86.6 Å². The molecule has 3 rings (SSSR count). The number of carboxylic acids is 1. The Bertz CT molecular complexity index is 558. The van der Waals surface area contributed by atoms with E-state index in [0.29, 0.717) is 45.0 Å². The van der Waals surface area contributed by atoms with Crippen LogP contribution in [0.5, 0.6) is 0 Å². The summed E-state index contributed by atoms with van der Waals surface area (Å²) >= 11 is 0. The summed E-state index contributed by atoms with van der Waals surface area (Å²) in [5.74, 6) is -0.456. The van der Waals surface area contributed by atoms with Gasteiger partial charge in [-0.15, -0.1) is 0 Å². The van der Waals surface area contributed by atoms with E-state index < -0.39 is 5.97 Å². The zero-order chi connectivity index (χ0) is 16.2. The van der Waals surface area contributed by atoms with Gasteiger partial charge in [0.25, 0.3) is 0 Å². The Morgan fingerprint density at radius 1 is 1.04 bits per heavy atom. The van der Waals surface area contributed by atoms with Crippen molar-refractivity contribution in [1.29, 1.82) is 0 Å². The van der Waals surface area contributed by atoms with Crippen LogP contribution in [0.25, 0.3) is 0 Å². The van der Waals surface area contributed by atoms with Crippen LogP contribution in [0.4, 0.5) is 5.95 Å². The van der Waals surface area contributed by atoms with Crippen LogP contribution in [0, 0.1) is 11.8 Å². The van der Waals surface area contributed by atoms with Crippen molar-refractivity contribution in [2.24, 2.45) is 11.8 Å². The minimum Gasteiger partial charge on any atom is -0.481 e. The third-order valence-corrected chi connectivity index (χ3v) is 4.80. The second-order valence-corrected chi connectivity index (χ2v) is 6.26. The number of carbonyl (C=O) groups excluding carboxylic acids is 1. The lowest BCUT2D eigenvalue weighted by molar-refractivity contribution is -0.145. The second kappa shape index (κ2) is 6.93. The predicted molar refractivity (Wildman–Crippen MR) is 83.9 cm³/mol. The number of piperazine rings is 1. The van der Waals surface area contributed by atoms with Gasteiger partial charge in [-0.25, -0.2) is 9.97 Å². The molecule has 1 aliphatic carbocycles. The molecular weight excluding hydrogens is 296 g/mol. The van der Waals surface area contributed by atoms with Crippen LogP contribution >= 0.6 is 0 Å². The molecule has 1 saturated carbocycles. The first-order valence-electron chi connectivity index (χ1n) is 8.18. The second-order valence-electron chi connectivity index (χ2n) is 6.26. The van der Waals surface area contributed by atoms with Gasteiger partial charge >= 0.3 is 5.97 Å². The Morgan fingerprint density at radius 2 is 1.70 bits per heavy atom. The molecule has 7 heteroatoms. The van der Waals surface area contributed by atoms with Gasteiger partial charge in [0.15, 0.2) is 0 Å². The summed E-state index contributed by atoms with van der Waals surface area (Å²) in [6.45, 7) is 2.71. The highest BCUT2D eigenvalue weighted by molar-refractivity contribution is 5.80. The maximum atomic E-state index is 12.6. The number of aromatic nitrogens is 2. The van der Waals surface area contributed by atoms with Gasteiger partial charge in [-0.2, -0.15) is 0 Å². The molecule has 124 valence electrons. The molecule has 0 spiro atoms. The number of nitrogens with zero attached hydrogens (tertiary/aromatic N) is 4. The van der Waals surface area contributed by atoms with E-state index in [2.05, 4.69) is 14.9 Å². The number of hydrogen-bond acceptors (Lipinski definition) is 5. The first-order chi connectivity index (χ1) is 11.1. The summed E-state index contributed by atoms with van der Waals surface area (Å²) in [6, 6.07) is 1.78. The van der Waals surface area contributed by atoms with E-state index in [0.717, 1.165) is 12.8 Å². The van der Waals surface area contributed by atoms with E-state index >= 15 is 0 Å². The molecule has 2 fully saturated rings. The number of aliphatic carboxylic acids is 1. The molecule has 0 radical (unpaired) electrons. The smallest absolute Gasteiger partial charge is 0.306 e. The summed E-state index contributed by atoms with van der Waals surface area (Å²) < 4.78 is 0. The Kier molecular flexibility index (Phi) is 4.73. The van der Waals surface area contributed by atoms with E-state index in [9.17, 15) is 9.59 Å². The molecule has 1 aromatic rings. The first-order valence-corrected chi connectivity index (χ1v) is 8.18. The van der Waals surface area contributed by atoms with Gasteiger partial charge in [-0.1, -0.05) is 6.42 Å². The Hall–Kier alpha value is -2.18. The summed E-state index contributed by atoms with van der Waals surface area (Å²) in [6.07, 6.45) is 6.24. The van der Waals surface area contributed by atoms with Gasteiger partial charge in [0, 0.05) is 44.5 Å². The first kappa shape index (κ1) is 15.7. The molecule has 1 saturated heterocycles. The highest BCUT2D eigenvalue weighted by Crippen LogP contribution is 2.30. The zero-order valence-electron chi connectivity index (χ0n) is 13.1. The standard InChI is InChI=1S/C16H22N4O3/c21-14(12-3-1-4-13(11-12)15(22)23)19-7-9-20(10-8-19)16-17-5-2-6-18-16/h2,5-6,12-13H,1,3-4,7-11H2,(H,22,23)/t12-,13+/m1/s1. The van der Waals surface area contributed by atoms with E-state index in [1.54, 1.807) is 18.5 Å². The molecule has 2 heterocycles. The number of amides is 1. The number of anilines is 1. The van der Waals surface area contributed by atoms with Gasteiger partial charge in [-0.05, 0) is 25.3 Å². The molecule has 1 aromatic heterocycles. The van der Waals surface area contributed by atoms with Crippen molar-refractivity contribution in [2.75, 3.05) is 31.1 Å². The minimum absolute atomic E-state index is 0.115. The van der Waals surface area contributed by atoms with Crippen molar-refractivity contribution in [1.82, 2.24) is 14.9 Å². The molecule has 1 amide bonds. The van der Waals surface area contributed by atoms with Crippen molar-refractivity contribution in [2.45, 2.75) is 25.7 Å². The molecule has 1 N–H and O–H groups in total. The van der Waals surface area contributed by atoms with E-state index in [1.165, 1.54) is 0 Å². The van der Waals surface area contributed by atoms with Crippen LogP contribution in [0.15, 0.2) is 18.5 Å². The van der Waals surface area contributed by atoms with Crippen molar-refractivity contribution >= 4 is 17.8 Å². The lowest BCUT2D eigenvalue weighted by Gasteiger charge is -2.37. The van der Waals surface area contributed by atoms with Gasteiger partial charge in [0.1, 0.15) is 0 Å². The van der Waals surface area contributed by atoms with Crippen molar-refractivity contribution < 1.29 is 14.7 Å². The fraction of sp³-hybridized carbons (Fsp3) is 0.625. The number of hydrogen-bond donors (Lipinski definition) is 1. The summed E-state index contributed by atoms with van der Waals surface area (Å²) in [4.78, 5) is 36.2. The molecule has 2 atom stereocenters. The lowest BCUT2D eigenvalue weighted by Crippen LogP contribution is -2.51. The normalized spacial score (nSPS) is 25.2. The lowest BCUT2D eigenvalue weighted by atomic mass is 9.80. The quantitative estimate of drug-likeness (QED) is 0.895. The van der Waals surface area contributed by atoms with Crippen LogP contribution in [-0.4, -0.2) is 58.0 Å². The summed E-state index contributed by atoms with van der Waals surface area (Å²) in [7, 11) is 0. The van der Waals surface area contributed by atoms with Gasteiger partial charge in [-0.3, -0.25) is 9.59 Å². The van der Waals surface area contributed by atoms with Crippen LogP contribution < -0.4 is 4.90 Å². The van der Waals surface area contributed by atoms with E-state index in [-0.39, 0.29) is 17.7 Å². The molecule has 1 aliphatic heterocycles. The fourth-order valence-corrected chi connectivity index (χ4v) is 3.48. The third kappa shape index (κ3) is 3.60. The minimum atomic E-state index is -0.770. The molecule has 2 aliphatic rings. The highest BCUT2D eigenvalue weighted by atomic mass is 16.4. The molecule has 7 nitrogen and oxygen atoms in total. The summed E-state index contributed by atoms with van der Waals surface area (Å²) in [5, 5.41) is 9.16. The summed E-state index contributed by atoms with van der Waals surface area (Å²) in [5.41, 5.74) is 0. The SMILES string of the molecule is O=C(O)[C@H]1CCC[C@@H](C(=O)N2CCN(c3ncccn3)CC2)C1. The van der Waals surface area contributed by atoms with Gasteiger partial charge in [0.05, 0.1) is 5.92 Å². The largest absolute Gasteiger partial charge is 0.481 e. The maximum Gasteiger partial charge on any atom is 0.306 e.